The Morgan fingerprint density at radius 1 is 1.04 bits per heavy atom. The van der Waals surface area contributed by atoms with E-state index < -0.39 is 5.76 Å². The lowest BCUT2D eigenvalue weighted by atomic mass is 10.1. The van der Waals surface area contributed by atoms with Crippen LogP contribution in [0.25, 0.3) is 0 Å². The average molecular weight is 406 g/mol. The minimum Gasteiger partial charge on any atom is -0.325 e. The molecule has 2 aromatic carbocycles. The Morgan fingerprint density at radius 3 is 2.29 bits per heavy atom. The first-order valence-electron chi connectivity index (χ1n) is 9.37. The van der Waals surface area contributed by atoms with E-state index in [-0.39, 0.29) is 11.9 Å². The van der Waals surface area contributed by atoms with Crippen LogP contribution in [0.1, 0.15) is 12.5 Å². The zero-order chi connectivity index (χ0) is 19.9. The molecule has 0 unspecified atom stereocenters. The van der Waals surface area contributed by atoms with E-state index in [4.69, 9.17) is 0 Å². The predicted molar refractivity (Wildman–Crippen MR) is 110 cm³/mol. The molecule has 1 atom stereocenters. The zero-order valence-electron chi connectivity index (χ0n) is 15.9. The maximum atomic E-state index is 12.6. The average Bonchev–Trinajstić information content (AvgIpc) is 2.70. The van der Waals surface area contributed by atoms with Gasteiger partial charge in [0.05, 0.1) is 6.04 Å². The van der Waals surface area contributed by atoms with Gasteiger partial charge < -0.3 is 5.32 Å². The van der Waals surface area contributed by atoms with Gasteiger partial charge in [-0.05, 0) is 36.8 Å². The van der Waals surface area contributed by atoms with Crippen LogP contribution in [0.2, 0.25) is 0 Å². The van der Waals surface area contributed by atoms with Crippen LogP contribution in [0.3, 0.4) is 0 Å². The molecule has 1 fully saturated rings. The first kappa shape index (κ1) is 20.8. The quantitative estimate of drug-likeness (QED) is 0.702. The summed E-state index contributed by atoms with van der Waals surface area (Å²) in [6.45, 7) is 6.36. The Kier molecular flexibility index (Phi) is 7.42. The number of amides is 1. The highest BCUT2D eigenvalue weighted by atomic mass is 32.2. The minimum atomic E-state index is -2.44. The van der Waals surface area contributed by atoms with Crippen LogP contribution >= 0.6 is 11.8 Å². The summed E-state index contributed by atoms with van der Waals surface area (Å²) in [6, 6.07) is 16.7. The van der Waals surface area contributed by atoms with E-state index in [2.05, 4.69) is 39.4 Å². The minimum absolute atomic E-state index is 0.0780. The first-order chi connectivity index (χ1) is 13.5. The molecule has 1 amide bonds. The molecule has 1 N–H and O–H groups in total. The Balaban J connectivity index is 1.46. The maximum Gasteiger partial charge on any atom is 0.288 e. The van der Waals surface area contributed by atoms with Gasteiger partial charge in [0, 0.05) is 43.3 Å². The zero-order valence-corrected chi connectivity index (χ0v) is 16.7. The number of rotatable bonds is 7. The van der Waals surface area contributed by atoms with Gasteiger partial charge in [0.2, 0.25) is 5.91 Å². The number of hydrogen-bond acceptors (Lipinski definition) is 4. The monoisotopic (exact) mass is 405 g/mol. The number of piperazine rings is 1. The number of carbonyl (C=O) groups is 1. The molecule has 0 aromatic heterocycles. The smallest absolute Gasteiger partial charge is 0.288 e. The molecule has 0 saturated carbocycles. The second-order valence-corrected chi connectivity index (χ2v) is 7.93. The number of alkyl halides is 2. The van der Waals surface area contributed by atoms with E-state index in [1.807, 2.05) is 13.0 Å². The Bertz CT molecular complexity index is 750. The fraction of sp³-hybridized carbons (Fsp3) is 0.381. The van der Waals surface area contributed by atoms with Crippen molar-refractivity contribution in [2.75, 3.05) is 31.5 Å². The van der Waals surface area contributed by atoms with Crippen molar-refractivity contribution in [3.8, 4) is 0 Å². The highest BCUT2D eigenvalue weighted by molar-refractivity contribution is 7.99. The largest absolute Gasteiger partial charge is 0.325 e. The summed E-state index contributed by atoms with van der Waals surface area (Å²) in [6.07, 6.45) is 0. The van der Waals surface area contributed by atoms with E-state index >= 15 is 0 Å². The fourth-order valence-electron chi connectivity index (χ4n) is 3.28. The van der Waals surface area contributed by atoms with Crippen LogP contribution < -0.4 is 5.32 Å². The summed E-state index contributed by atoms with van der Waals surface area (Å²) in [5, 5.41) is 2.88. The van der Waals surface area contributed by atoms with Gasteiger partial charge in [0.15, 0.2) is 0 Å². The number of hydrogen-bond donors (Lipinski definition) is 1. The Morgan fingerprint density at radius 2 is 1.68 bits per heavy atom. The summed E-state index contributed by atoms with van der Waals surface area (Å²) in [5.74, 6) is -2.52. The summed E-state index contributed by atoms with van der Waals surface area (Å²) in [7, 11) is 0. The van der Waals surface area contributed by atoms with Crippen molar-refractivity contribution < 1.29 is 13.6 Å². The third kappa shape index (κ3) is 6.02. The standard InChI is InChI=1S/C21H25F2N3OS/c1-16(20(27)24-18-7-9-19(10-8-18)28-21(22)23)26-13-11-25(12-14-26)15-17-5-3-2-4-6-17/h2-10,16,21H,11-15H2,1H3,(H,24,27)/t16-/m0/s1. The molecule has 1 aliphatic heterocycles. The third-order valence-corrected chi connectivity index (χ3v) is 5.65. The summed E-state index contributed by atoms with van der Waals surface area (Å²) >= 11 is 0.497. The number of halogens is 2. The molecule has 28 heavy (non-hydrogen) atoms. The van der Waals surface area contributed by atoms with Crippen LogP contribution in [0.15, 0.2) is 59.5 Å². The molecule has 1 heterocycles. The number of carbonyl (C=O) groups excluding carboxylic acids is 1. The van der Waals surface area contributed by atoms with Gasteiger partial charge in [0.25, 0.3) is 5.76 Å². The van der Waals surface area contributed by atoms with E-state index in [9.17, 15) is 13.6 Å². The molecule has 7 heteroatoms. The number of thioether (sulfide) groups is 1. The molecule has 0 spiro atoms. The Hall–Kier alpha value is -1.96. The summed E-state index contributed by atoms with van der Waals surface area (Å²) in [4.78, 5) is 17.6. The third-order valence-electron chi connectivity index (χ3n) is 4.93. The van der Waals surface area contributed by atoms with Crippen molar-refractivity contribution >= 4 is 23.4 Å². The van der Waals surface area contributed by atoms with Crippen molar-refractivity contribution in [2.24, 2.45) is 0 Å². The van der Waals surface area contributed by atoms with Crippen LogP contribution in [0.5, 0.6) is 0 Å². The van der Waals surface area contributed by atoms with Crippen LogP contribution in [0.4, 0.5) is 14.5 Å². The molecule has 1 saturated heterocycles. The highest BCUT2D eigenvalue weighted by Gasteiger charge is 2.25. The van der Waals surface area contributed by atoms with Crippen molar-refractivity contribution in [3.05, 3.63) is 60.2 Å². The fourth-order valence-corrected chi connectivity index (χ4v) is 3.78. The summed E-state index contributed by atoms with van der Waals surface area (Å²) in [5.41, 5.74) is 1.92. The predicted octanol–water partition coefficient (Wildman–Crippen LogP) is 4.15. The highest BCUT2D eigenvalue weighted by Crippen LogP contribution is 2.26. The van der Waals surface area contributed by atoms with Gasteiger partial charge >= 0.3 is 0 Å². The van der Waals surface area contributed by atoms with Crippen LogP contribution in [-0.4, -0.2) is 53.7 Å². The molecule has 0 bridgehead atoms. The molecule has 3 rings (SSSR count). The lowest BCUT2D eigenvalue weighted by Gasteiger charge is -2.37. The van der Waals surface area contributed by atoms with Gasteiger partial charge in [-0.3, -0.25) is 14.6 Å². The molecule has 2 aromatic rings. The lowest BCUT2D eigenvalue weighted by Crippen LogP contribution is -2.52. The van der Waals surface area contributed by atoms with Gasteiger partial charge in [0.1, 0.15) is 0 Å². The summed E-state index contributed by atoms with van der Waals surface area (Å²) < 4.78 is 24.8. The molecular weight excluding hydrogens is 380 g/mol. The molecule has 4 nitrogen and oxygen atoms in total. The molecule has 150 valence electrons. The number of anilines is 1. The first-order valence-corrected chi connectivity index (χ1v) is 10.3. The van der Waals surface area contributed by atoms with Crippen LogP contribution in [0, 0.1) is 0 Å². The van der Waals surface area contributed by atoms with Gasteiger partial charge in [-0.1, -0.05) is 42.1 Å². The SMILES string of the molecule is C[C@@H](C(=O)Nc1ccc(SC(F)F)cc1)N1CCN(Cc2ccccc2)CC1. The number of nitrogens with one attached hydrogen (secondary N) is 1. The molecular formula is C21H25F2N3OS. The van der Waals surface area contributed by atoms with E-state index in [1.54, 1.807) is 24.3 Å². The number of nitrogens with zero attached hydrogens (tertiary/aromatic N) is 2. The van der Waals surface area contributed by atoms with Gasteiger partial charge in [-0.15, -0.1) is 0 Å². The van der Waals surface area contributed by atoms with Crippen molar-refractivity contribution in [1.82, 2.24) is 9.80 Å². The molecule has 1 aliphatic rings. The maximum absolute atomic E-state index is 12.6. The second kappa shape index (κ2) is 10.0. The molecule has 0 aliphatic carbocycles. The van der Waals surface area contributed by atoms with Gasteiger partial charge in [-0.2, -0.15) is 8.78 Å². The molecule has 0 radical (unpaired) electrons. The van der Waals surface area contributed by atoms with E-state index in [0.717, 1.165) is 32.7 Å². The van der Waals surface area contributed by atoms with E-state index in [1.165, 1.54) is 5.56 Å². The van der Waals surface area contributed by atoms with Crippen LogP contribution in [-0.2, 0) is 11.3 Å². The Labute approximate surface area is 168 Å². The second-order valence-electron chi connectivity index (χ2n) is 6.87. The van der Waals surface area contributed by atoms with Crippen molar-refractivity contribution in [1.29, 1.82) is 0 Å². The lowest BCUT2D eigenvalue weighted by molar-refractivity contribution is -0.121. The number of benzene rings is 2. The van der Waals surface area contributed by atoms with E-state index in [0.29, 0.717) is 22.3 Å². The van der Waals surface area contributed by atoms with Crippen molar-refractivity contribution in [3.63, 3.8) is 0 Å². The normalized spacial score (nSPS) is 16.9. The topological polar surface area (TPSA) is 35.6 Å². The van der Waals surface area contributed by atoms with Crippen molar-refractivity contribution in [2.45, 2.75) is 30.2 Å². The van der Waals surface area contributed by atoms with Gasteiger partial charge in [-0.25, -0.2) is 0 Å².